The molecule has 0 N–H and O–H groups in total. The molecule has 13 heavy (non-hydrogen) atoms. The lowest BCUT2D eigenvalue weighted by molar-refractivity contribution is 0.287. The number of rotatable bonds is 0. The second-order valence-electron chi connectivity index (χ2n) is 2.95. The fourth-order valence-corrected chi connectivity index (χ4v) is 2.48. The SMILES string of the molecule is SC1CCOc2cc(Cl)cc(Cl)c21. The second kappa shape index (κ2) is 3.60. The molecular formula is C9H8Cl2OS. The van der Waals surface area contributed by atoms with Crippen molar-refractivity contribution in [3.63, 3.8) is 0 Å². The van der Waals surface area contributed by atoms with Crippen LogP contribution in [-0.4, -0.2) is 6.61 Å². The van der Waals surface area contributed by atoms with Gasteiger partial charge in [0.2, 0.25) is 0 Å². The van der Waals surface area contributed by atoms with Crippen molar-refractivity contribution in [3.05, 3.63) is 27.7 Å². The molecule has 1 aromatic carbocycles. The molecule has 0 amide bonds. The molecule has 1 aromatic rings. The summed E-state index contributed by atoms with van der Waals surface area (Å²) >= 11 is 16.3. The molecule has 0 bridgehead atoms. The molecule has 0 radical (unpaired) electrons. The van der Waals surface area contributed by atoms with Gasteiger partial charge in [-0.3, -0.25) is 0 Å². The van der Waals surface area contributed by atoms with Crippen LogP contribution in [0.25, 0.3) is 0 Å². The fraction of sp³-hybridized carbons (Fsp3) is 0.333. The third kappa shape index (κ3) is 1.76. The van der Waals surface area contributed by atoms with Crippen molar-refractivity contribution in [3.8, 4) is 5.75 Å². The summed E-state index contributed by atoms with van der Waals surface area (Å²) in [4.78, 5) is 0. The Balaban J connectivity index is 2.56. The molecule has 1 aliphatic heterocycles. The van der Waals surface area contributed by atoms with Crippen LogP contribution >= 0.6 is 35.8 Å². The van der Waals surface area contributed by atoms with Gasteiger partial charge in [0, 0.05) is 15.8 Å². The lowest BCUT2D eigenvalue weighted by Crippen LogP contribution is -2.11. The van der Waals surface area contributed by atoms with Crippen LogP contribution < -0.4 is 4.74 Å². The molecule has 0 aromatic heterocycles. The van der Waals surface area contributed by atoms with Crippen LogP contribution in [0.4, 0.5) is 0 Å². The zero-order valence-electron chi connectivity index (χ0n) is 6.76. The smallest absolute Gasteiger partial charge is 0.126 e. The van der Waals surface area contributed by atoms with Gasteiger partial charge in [-0.2, -0.15) is 12.6 Å². The lowest BCUT2D eigenvalue weighted by atomic mass is 10.1. The quantitative estimate of drug-likeness (QED) is 0.674. The van der Waals surface area contributed by atoms with Crippen molar-refractivity contribution >= 4 is 35.8 Å². The molecule has 0 fully saturated rings. The summed E-state index contributed by atoms with van der Waals surface area (Å²) < 4.78 is 5.44. The Morgan fingerprint density at radius 3 is 2.92 bits per heavy atom. The first-order valence-corrected chi connectivity index (χ1v) is 5.25. The first kappa shape index (κ1) is 9.50. The van der Waals surface area contributed by atoms with Crippen LogP contribution in [0, 0.1) is 0 Å². The highest BCUT2D eigenvalue weighted by atomic mass is 35.5. The summed E-state index contributed by atoms with van der Waals surface area (Å²) in [5.74, 6) is 0.767. The van der Waals surface area contributed by atoms with E-state index in [9.17, 15) is 0 Å². The summed E-state index contributed by atoms with van der Waals surface area (Å²) in [5.41, 5.74) is 0.959. The maximum absolute atomic E-state index is 6.03. The van der Waals surface area contributed by atoms with Gasteiger partial charge in [-0.15, -0.1) is 0 Å². The van der Waals surface area contributed by atoms with E-state index in [0.29, 0.717) is 16.7 Å². The first-order valence-electron chi connectivity index (χ1n) is 3.98. The van der Waals surface area contributed by atoms with Crippen molar-refractivity contribution in [2.24, 2.45) is 0 Å². The second-order valence-corrected chi connectivity index (χ2v) is 4.42. The van der Waals surface area contributed by atoms with Crippen LogP contribution in [0.2, 0.25) is 10.0 Å². The van der Waals surface area contributed by atoms with E-state index >= 15 is 0 Å². The Labute approximate surface area is 92.4 Å². The van der Waals surface area contributed by atoms with E-state index in [2.05, 4.69) is 12.6 Å². The van der Waals surface area contributed by atoms with Crippen LogP contribution in [0.15, 0.2) is 12.1 Å². The highest BCUT2D eigenvalue weighted by molar-refractivity contribution is 7.80. The normalized spacial score (nSPS) is 20.7. The molecule has 1 heterocycles. The molecule has 0 saturated carbocycles. The topological polar surface area (TPSA) is 9.23 Å². The number of hydrogen-bond acceptors (Lipinski definition) is 2. The molecule has 2 rings (SSSR count). The number of ether oxygens (including phenoxy) is 1. The minimum atomic E-state index is 0.161. The molecule has 0 saturated heterocycles. The highest BCUT2D eigenvalue weighted by Crippen LogP contribution is 2.42. The number of halogens is 2. The van der Waals surface area contributed by atoms with Crippen molar-refractivity contribution in [1.82, 2.24) is 0 Å². The van der Waals surface area contributed by atoms with Crippen LogP contribution in [-0.2, 0) is 0 Å². The van der Waals surface area contributed by atoms with Gasteiger partial charge in [-0.05, 0) is 18.6 Å². The van der Waals surface area contributed by atoms with E-state index < -0.39 is 0 Å². The predicted molar refractivity (Wildman–Crippen MR) is 58.3 cm³/mol. The van der Waals surface area contributed by atoms with Crippen molar-refractivity contribution < 1.29 is 4.74 Å². The van der Waals surface area contributed by atoms with Gasteiger partial charge in [0.1, 0.15) is 5.75 Å². The van der Waals surface area contributed by atoms with Gasteiger partial charge in [-0.25, -0.2) is 0 Å². The zero-order chi connectivity index (χ0) is 9.42. The highest BCUT2D eigenvalue weighted by Gasteiger charge is 2.21. The van der Waals surface area contributed by atoms with E-state index in [1.165, 1.54) is 0 Å². The monoisotopic (exact) mass is 234 g/mol. The molecule has 1 aliphatic rings. The Bertz CT molecular complexity index is 341. The average Bonchev–Trinajstić information content (AvgIpc) is 2.02. The maximum atomic E-state index is 6.03. The number of benzene rings is 1. The summed E-state index contributed by atoms with van der Waals surface area (Å²) in [6.07, 6.45) is 0.886. The average molecular weight is 235 g/mol. The van der Waals surface area contributed by atoms with Crippen LogP contribution in [0.5, 0.6) is 5.75 Å². The van der Waals surface area contributed by atoms with Crippen molar-refractivity contribution in [1.29, 1.82) is 0 Å². The van der Waals surface area contributed by atoms with E-state index in [0.717, 1.165) is 17.7 Å². The summed E-state index contributed by atoms with van der Waals surface area (Å²) in [6.45, 7) is 0.678. The maximum Gasteiger partial charge on any atom is 0.126 e. The van der Waals surface area contributed by atoms with Gasteiger partial charge in [-0.1, -0.05) is 23.2 Å². The van der Waals surface area contributed by atoms with Gasteiger partial charge < -0.3 is 4.74 Å². The third-order valence-corrected chi connectivity index (χ3v) is 3.09. The molecule has 1 atom stereocenters. The van der Waals surface area contributed by atoms with Gasteiger partial charge in [0.15, 0.2) is 0 Å². The van der Waals surface area contributed by atoms with Crippen molar-refractivity contribution in [2.45, 2.75) is 11.7 Å². The van der Waals surface area contributed by atoms with E-state index in [4.69, 9.17) is 27.9 Å². The Morgan fingerprint density at radius 1 is 1.38 bits per heavy atom. The number of thiol groups is 1. The van der Waals surface area contributed by atoms with Crippen molar-refractivity contribution in [2.75, 3.05) is 6.61 Å². The Morgan fingerprint density at radius 2 is 2.15 bits per heavy atom. The molecule has 0 aliphatic carbocycles. The number of hydrogen-bond donors (Lipinski definition) is 1. The minimum Gasteiger partial charge on any atom is -0.493 e. The molecule has 4 heteroatoms. The summed E-state index contributed by atoms with van der Waals surface area (Å²) in [6, 6.07) is 3.50. The van der Waals surface area contributed by atoms with E-state index in [1.807, 2.05) is 0 Å². The molecule has 1 unspecified atom stereocenters. The van der Waals surface area contributed by atoms with Gasteiger partial charge in [0.05, 0.1) is 11.6 Å². The van der Waals surface area contributed by atoms with Crippen LogP contribution in [0.3, 0.4) is 0 Å². The zero-order valence-corrected chi connectivity index (χ0v) is 9.16. The molecular weight excluding hydrogens is 227 g/mol. The van der Waals surface area contributed by atoms with Crippen LogP contribution in [0.1, 0.15) is 17.2 Å². The third-order valence-electron chi connectivity index (χ3n) is 2.04. The Kier molecular flexibility index (Phi) is 2.63. The minimum absolute atomic E-state index is 0.161. The fourth-order valence-electron chi connectivity index (χ4n) is 1.43. The number of fused-ring (bicyclic) bond motifs is 1. The first-order chi connectivity index (χ1) is 6.18. The molecule has 0 spiro atoms. The lowest BCUT2D eigenvalue weighted by Gasteiger charge is -2.23. The van der Waals surface area contributed by atoms with E-state index in [-0.39, 0.29) is 5.25 Å². The van der Waals surface area contributed by atoms with E-state index in [1.54, 1.807) is 12.1 Å². The van der Waals surface area contributed by atoms with Gasteiger partial charge in [0.25, 0.3) is 0 Å². The standard InChI is InChI=1S/C9H8Cl2OS/c10-5-3-6(11)9-7(4-5)12-2-1-8(9)13/h3-4,8,13H,1-2H2. The largest absolute Gasteiger partial charge is 0.493 e. The Hall–Kier alpha value is -0.0500. The summed E-state index contributed by atoms with van der Waals surface area (Å²) in [5, 5.41) is 1.40. The predicted octanol–water partition coefficient (Wildman–Crippen LogP) is 3.75. The summed E-state index contributed by atoms with van der Waals surface area (Å²) in [7, 11) is 0. The molecule has 1 nitrogen and oxygen atoms in total. The van der Waals surface area contributed by atoms with Gasteiger partial charge >= 0.3 is 0 Å². The molecule has 70 valence electrons.